The van der Waals surface area contributed by atoms with Crippen LogP contribution in [0.15, 0.2) is 24.3 Å². The number of sulfone groups is 1. The number of nitrogens with one attached hydrogen (secondary N) is 1. The molecule has 100 valence electrons. The van der Waals surface area contributed by atoms with Gasteiger partial charge < -0.3 is 10.4 Å². The molecule has 1 fully saturated rings. The van der Waals surface area contributed by atoms with Gasteiger partial charge in [-0.1, -0.05) is 12.1 Å². The first-order valence-corrected chi connectivity index (χ1v) is 8.00. The number of phenols is 1. The van der Waals surface area contributed by atoms with Crippen LogP contribution in [0.25, 0.3) is 0 Å². The first kappa shape index (κ1) is 13.4. The fraction of sp³-hybridized carbons (Fsp3) is 0.538. The second-order valence-electron chi connectivity index (χ2n) is 4.88. The average Bonchev–Trinajstić information content (AvgIpc) is 2.29. The Hall–Kier alpha value is -1.07. The largest absolute Gasteiger partial charge is 0.508 e. The van der Waals surface area contributed by atoms with Crippen molar-refractivity contribution in [3.8, 4) is 5.75 Å². The van der Waals surface area contributed by atoms with Crippen LogP contribution in [0, 0.1) is 5.92 Å². The summed E-state index contributed by atoms with van der Waals surface area (Å²) in [6, 6.07) is 7.00. The predicted octanol–water partition coefficient (Wildman–Crippen LogP) is 1.48. The lowest BCUT2D eigenvalue weighted by Gasteiger charge is -2.30. The molecule has 0 saturated carbocycles. The summed E-state index contributed by atoms with van der Waals surface area (Å²) in [6.07, 6.45) is 1.63. The Morgan fingerprint density at radius 3 is 2.83 bits per heavy atom. The average molecular weight is 269 g/mol. The zero-order valence-electron chi connectivity index (χ0n) is 10.5. The van der Waals surface area contributed by atoms with E-state index in [4.69, 9.17) is 0 Å². The molecule has 1 aromatic rings. The van der Waals surface area contributed by atoms with Gasteiger partial charge in [0.05, 0.1) is 11.5 Å². The van der Waals surface area contributed by atoms with E-state index in [2.05, 4.69) is 5.32 Å². The number of rotatable bonds is 3. The summed E-state index contributed by atoms with van der Waals surface area (Å²) in [5.41, 5.74) is 0.944. The van der Waals surface area contributed by atoms with Gasteiger partial charge in [0.2, 0.25) is 0 Å². The molecule has 1 aliphatic heterocycles. The van der Waals surface area contributed by atoms with Gasteiger partial charge in [0.25, 0.3) is 0 Å². The third-order valence-corrected chi connectivity index (χ3v) is 5.36. The van der Waals surface area contributed by atoms with Gasteiger partial charge in [-0.25, -0.2) is 8.42 Å². The van der Waals surface area contributed by atoms with Crippen LogP contribution < -0.4 is 5.32 Å². The van der Waals surface area contributed by atoms with Crippen molar-refractivity contribution in [1.29, 1.82) is 0 Å². The van der Waals surface area contributed by atoms with E-state index in [0.717, 1.165) is 18.4 Å². The number of hydrogen-bond donors (Lipinski definition) is 2. The highest BCUT2D eigenvalue weighted by Gasteiger charge is 2.30. The second-order valence-corrected chi connectivity index (χ2v) is 7.11. The highest BCUT2D eigenvalue weighted by molar-refractivity contribution is 7.91. The minimum Gasteiger partial charge on any atom is -0.508 e. The summed E-state index contributed by atoms with van der Waals surface area (Å²) >= 11 is 0. The summed E-state index contributed by atoms with van der Waals surface area (Å²) in [7, 11) is -1.08. The Kier molecular flexibility index (Phi) is 3.92. The maximum absolute atomic E-state index is 11.7. The minimum atomic E-state index is -2.91. The Labute approximate surface area is 108 Å². The molecule has 1 heterocycles. The van der Waals surface area contributed by atoms with E-state index < -0.39 is 9.84 Å². The lowest BCUT2D eigenvalue weighted by molar-refractivity contribution is 0.371. The van der Waals surface area contributed by atoms with Crippen molar-refractivity contribution in [2.75, 3.05) is 18.6 Å². The monoisotopic (exact) mass is 269 g/mol. The van der Waals surface area contributed by atoms with Crippen LogP contribution >= 0.6 is 0 Å². The number of phenolic OH excluding ortho intramolecular Hbond substituents is 1. The van der Waals surface area contributed by atoms with Crippen LogP contribution in [0.1, 0.15) is 24.4 Å². The van der Waals surface area contributed by atoms with Crippen LogP contribution in [0.3, 0.4) is 0 Å². The Bertz CT molecular complexity index is 513. The molecule has 2 N–H and O–H groups in total. The molecule has 5 heteroatoms. The maximum Gasteiger partial charge on any atom is 0.150 e. The van der Waals surface area contributed by atoms with Crippen LogP contribution in [0.4, 0.5) is 0 Å². The zero-order valence-corrected chi connectivity index (χ0v) is 11.3. The maximum atomic E-state index is 11.7. The fourth-order valence-electron chi connectivity index (χ4n) is 2.71. The van der Waals surface area contributed by atoms with E-state index in [1.165, 1.54) is 0 Å². The number of benzene rings is 1. The van der Waals surface area contributed by atoms with E-state index in [9.17, 15) is 13.5 Å². The molecule has 4 nitrogen and oxygen atoms in total. The van der Waals surface area contributed by atoms with Gasteiger partial charge in [-0.2, -0.15) is 0 Å². The van der Waals surface area contributed by atoms with Crippen molar-refractivity contribution < 1.29 is 13.5 Å². The summed E-state index contributed by atoms with van der Waals surface area (Å²) < 4.78 is 23.4. The normalized spacial score (nSPS) is 24.6. The first-order valence-electron chi connectivity index (χ1n) is 6.18. The van der Waals surface area contributed by atoms with Gasteiger partial charge in [0, 0.05) is 6.04 Å². The zero-order chi connectivity index (χ0) is 13.2. The van der Waals surface area contributed by atoms with Crippen molar-refractivity contribution in [3.63, 3.8) is 0 Å². The van der Waals surface area contributed by atoms with Gasteiger partial charge in [-0.15, -0.1) is 0 Å². The van der Waals surface area contributed by atoms with Gasteiger partial charge in [0.15, 0.2) is 9.84 Å². The van der Waals surface area contributed by atoms with Crippen LogP contribution in [-0.4, -0.2) is 32.1 Å². The molecule has 2 unspecified atom stereocenters. The van der Waals surface area contributed by atoms with Gasteiger partial charge in [-0.3, -0.25) is 0 Å². The van der Waals surface area contributed by atoms with Crippen molar-refractivity contribution in [1.82, 2.24) is 5.32 Å². The summed E-state index contributed by atoms with van der Waals surface area (Å²) in [4.78, 5) is 0. The van der Waals surface area contributed by atoms with Crippen molar-refractivity contribution in [2.24, 2.45) is 5.92 Å². The van der Waals surface area contributed by atoms with Crippen molar-refractivity contribution >= 4 is 9.84 Å². The Morgan fingerprint density at radius 2 is 2.22 bits per heavy atom. The van der Waals surface area contributed by atoms with Crippen LogP contribution in [0.5, 0.6) is 5.75 Å². The molecular formula is C13H19NO3S. The fourth-order valence-corrected chi connectivity index (χ4v) is 4.50. The number of hydrogen-bond acceptors (Lipinski definition) is 4. The molecule has 0 bridgehead atoms. The second kappa shape index (κ2) is 5.28. The molecule has 0 aliphatic carbocycles. The van der Waals surface area contributed by atoms with E-state index in [1.54, 1.807) is 18.2 Å². The summed E-state index contributed by atoms with van der Waals surface area (Å²) in [5.74, 6) is 0.829. The molecule has 0 radical (unpaired) electrons. The van der Waals surface area contributed by atoms with Gasteiger partial charge in [-0.05, 0) is 43.5 Å². The van der Waals surface area contributed by atoms with Crippen molar-refractivity contribution in [2.45, 2.75) is 18.9 Å². The predicted molar refractivity (Wildman–Crippen MR) is 71.3 cm³/mol. The molecule has 18 heavy (non-hydrogen) atoms. The third-order valence-electron chi connectivity index (χ3n) is 3.51. The molecule has 1 aromatic carbocycles. The molecule has 1 saturated heterocycles. The lowest BCUT2D eigenvalue weighted by Crippen LogP contribution is -2.34. The first-order chi connectivity index (χ1) is 8.52. The topological polar surface area (TPSA) is 66.4 Å². The van der Waals surface area contributed by atoms with E-state index >= 15 is 0 Å². The quantitative estimate of drug-likeness (QED) is 0.872. The molecule has 0 amide bonds. The SMILES string of the molecule is CNC(c1cccc(O)c1)C1CCCS(=O)(=O)C1. The molecule has 0 aromatic heterocycles. The van der Waals surface area contributed by atoms with Crippen LogP contribution in [0.2, 0.25) is 0 Å². The minimum absolute atomic E-state index is 0.0211. The van der Waals surface area contributed by atoms with Gasteiger partial charge in [0.1, 0.15) is 5.75 Å². The molecule has 1 aliphatic rings. The smallest absolute Gasteiger partial charge is 0.150 e. The lowest BCUT2D eigenvalue weighted by atomic mass is 9.90. The summed E-state index contributed by atoms with van der Waals surface area (Å²) in [6.45, 7) is 0. The molecular weight excluding hydrogens is 250 g/mol. The summed E-state index contributed by atoms with van der Waals surface area (Å²) in [5, 5.41) is 12.7. The van der Waals surface area contributed by atoms with E-state index in [0.29, 0.717) is 5.75 Å². The standard InChI is InChI=1S/C13H19NO3S/c1-14-13(10-4-2-6-12(15)8-10)11-5-3-7-18(16,17)9-11/h2,4,6,8,11,13-15H,3,5,7,9H2,1H3. The Balaban J connectivity index is 2.23. The molecule has 2 rings (SSSR count). The highest BCUT2D eigenvalue weighted by Crippen LogP contribution is 2.31. The van der Waals surface area contributed by atoms with Crippen LogP contribution in [-0.2, 0) is 9.84 Å². The molecule has 0 spiro atoms. The number of aromatic hydroxyl groups is 1. The van der Waals surface area contributed by atoms with E-state index in [1.807, 2.05) is 13.1 Å². The van der Waals surface area contributed by atoms with Crippen molar-refractivity contribution in [3.05, 3.63) is 29.8 Å². The third kappa shape index (κ3) is 3.03. The van der Waals surface area contributed by atoms with Gasteiger partial charge >= 0.3 is 0 Å². The molecule has 2 atom stereocenters. The van der Waals surface area contributed by atoms with E-state index in [-0.39, 0.29) is 23.5 Å². The highest BCUT2D eigenvalue weighted by atomic mass is 32.2. The Morgan fingerprint density at radius 1 is 1.44 bits per heavy atom.